The summed E-state index contributed by atoms with van der Waals surface area (Å²) in [6.45, 7) is 6.08. The van der Waals surface area contributed by atoms with Crippen LogP contribution in [0.4, 0.5) is 9.59 Å². The number of amides is 1. The zero-order valence-electron chi connectivity index (χ0n) is 11.3. The van der Waals surface area contributed by atoms with Gasteiger partial charge in [0.25, 0.3) is 0 Å². The van der Waals surface area contributed by atoms with Gasteiger partial charge in [-0.15, -0.1) is 0 Å². The molecular weight excluding hydrogens is 250 g/mol. The highest BCUT2D eigenvalue weighted by Crippen LogP contribution is 2.11. The van der Waals surface area contributed by atoms with E-state index in [1.54, 1.807) is 26.0 Å². The average molecular weight is 269 g/mol. The lowest BCUT2D eigenvalue weighted by atomic mass is 10.2. The number of aryl methyl sites for hydroxylation is 1. The molecule has 0 spiro atoms. The number of hydrogen-bond acceptors (Lipinski definition) is 5. The average Bonchev–Trinajstić information content (AvgIpc) is 2.33. The molecule has 2 N–H and O–H groups in total. The lowest BCUT2D eigenvalue weighted by molar-refractivity contribution is 0.104. The van der Waals surface area contributed by atoms with Crippen LogP contribution in [-0.2, 0) is 9.47 Å². The first-order valence-corrected chi connectivity index (χ1v) is 5.83. The van der Waals surface area contributed by atoms with Crippen molar-refractivity contribution >= 4 is 12.2 Å². The summed E-state index contributed by atoms with van der Waals surface area (Å²) in [7, 11) is 0. The molecule has 0 aliphatic rings. The van der Waals surface area contributed by atoms with Crippen molar-refractivity contribution < 1.29 is 23.8 Å². The number of benzene rings is 1. The van der Waals surface area contributed by atoms with Crippen LogP contribution in [0.1, 0.15) is 19.4 Å². The summed E-state index contributed by atoms with van der Waals surface area (Å²) < 4.78 is 13.6. The van der Waals surface area contributed by atoms with Crippen LogP contribution in [0.15, 0.2) is 24.3 Å². The Kier molecular flexibility index (Phi) is 8.61. The van der Waals surface area contributed by atoms with Gasteiger partial charge in [0.1, 0.15) is 5.75 Å². The standard InChI is InChI=1S/C10H12O3.C3H7NO2/c1-3-12-10(11)13-9-6-4-8(2)5-7-9;1-2-6-3(4)5/h4-7H,3H2,1-2H3;2H2,1H3,(H2,4,5). The van der Waals surface area contributed by atoms with Gasteiger partial charge in [-0.1, -0.05) is 17.7 Å². The van der Waals surface area contributed by atoms with Crippen LogP contribution in [0, 0.1) is 6.92 Å². The monoisotopic (exact) mass is 269 g/mol. The molecule has 0 aliphatic heterocycles. The third kappa shape index (κ3) is 9.46. The molecule has 0 radical (unpaired) electrons. The van der Waals surface area contributed by atoms with Crippen LogP contribution in [0.3, 0.4) is 0 Å². The van der Waals surface area contributed by atoms with E-state index in [9.17, 15) is 9.59 Å². The second kappa shape index (κ2) is 9.76. The van der Waals surface area contributed by atoms with E-state index in [2.05, 4.69) is 15.2 Å². The summed E-state index contributed by atoms with van der Waals surface area (Å²) in [5.74, 6) is 0.504. The van der Waals surface area contributed by atoms with Crippen molar-refractivity contribution in [2.75, 3.05) is 13.2 Å². The van der Waals surface area contributed by atoms with Crippen molar-refractivity contribution in [2.24, 2.45) is 5.73 Å². The lowest BCUT2D eigenvalue weighted by Crippen LogP contribution is -2.11. The van der Waals surface area contributed by atoms with Gasteiger partial charge in [0.05, 0.1) is 13.2 Å². The van der Waals surface area contributed by atoms with Crippen LogP contribution in [-0.4, -0.2) is 25.5 Å². The predicted molar refractivity (Wildman–Crippen MR) is 70.0 cm³/mol. The molecule has 0 heterocycles. The first kappa shape index (κ1) is 16.8. The summed E-state index contributed by atoms with van der Waals surface area (Å²) in [5, 5.41) is 0. The Bertz CT molecular complexity index is 389. The molecule has 0 bridgehead atoms. The van der Waals surface area contributed by atoms with E-state index in [0.717, 1.165) is 5.56 Å². The zero-order chi connectivity index (χ0) is 14.7. The third-order valence-electron chi connectivity index (χ3n) is 1.77. The summed E-state index contributed by atoms with van der Waals surface area (Å²) in [5.41, 5.74) is 5.66. The predicted octanol–water partition coefficient (Wildman–Crippen LogP) is 2.63. The molecule has 0 saturated heterocycles. The molecule has 1 aromatic carbocycles. The summed E-state index contributed by atoms with van der Waals surface area (Å²) in [6, 6.07) is 7.20. The minimum atomic E-state index is -0.711. The molecule has 0 aliphatic carbocycles. The molecule has 1 aromatic rings. The van der Waals surface area contributed by atoms with Gasteiger partial charge < -0.3 is 19.9 Å². The molecule has 0 aromatic heterocycles. The van der Waals surface area contributed by atoms with Gasteiger partial charge >= 0.3 is 12.2 Å². The van der Waals surface area contributed by atoms with Crippen molar-refractivity contribution in [3.05, 3.63) is 29.8 Å². The Labute approximate surface area is 112 Å². The number of primary amides is 1. The maximum Gasteiger partial charge on any atom is 0.513 e. The van der Waals surface area contributed by atoms with Crippen molar-refractivity contribution in [3.63, 3.8) is 0 Å². The number of rotatable bonds is 3. The normalized spacial score (nSPS) is 8.79. The number of hydrogen-bond donors (Lipinski definition) is 1. The quantitative estimate of drug-likeness (QED) is 0.673. The van der Waals surface area contributed by atoms with Crippen LogP contribution < -0.4 is 10.5 Å². The van der Waals surface area contributed by atoms with Crippen LogP contribution in [0.2, 0.25) is 0 Å². The third-order valence-corrected chi connectivity index (χ3v) is 1.77. The molecule has 0 fully saturated rings. The SMILES string of the molecule is CCOC(=O)Oc1ccc(C)cc1.CCOC(N)=O. The highest BCUT2D eigenvalue weighted by molar-refractivity contribution is 5.64. The minimum Gasteiger partial charge on any atom is -0.450 e. The summed E-state index contributed by atoms with van der Waals surface area (Å²) in [4.78, 5) is 20.5. The molecule has 0 atom stereocenters. The Morgan fingerprint density at radius 2 is 1.58 bits per heavy atom. The second-order valence-corrected chi connectivity index (χ2v) is 3.35. The van der Waals surface area contributed by atoms with Crippen LogP contribution in [0.5, 0.6) is 5.75 Å². The van der Waals surface area contributed by atoms with Crippen molar-refractivity contribution in [3.8, 4) is 5.75 Å². The maximum absolute atomic E-state index is 10.9. The first-order chi connectivity index (χ1) is 8.99. The van der Waals surface area contributed by atoms with E-state index in [0.29, 0.717) is 19.0 Å². The van der Waals surface area contributed by atoms with E-state index >= 15 is 0 Å². The van der Waals surface area contributed by atoms with Crippen molar-refractivity contribution in [1.82, 2.24) is 0 Å². The highest BCUT2D eigenvalue weighted by atomic mass is 16.7. The fraction of sp³-hybridized carbons (Fsp3) is 0.385. The summed E-state index contributed by atoms with van der Waals surface area (Å²) in [6.07, 6.45) is -1.37. The Balaban J connectivity index is 0.000000459. The molecule has 6 heteroatoms. The largest absolute Gasteiger partial charge is 0.513 e. The van der Waals surface area contributed by atoms with Gasteiger partial charge in [-0.2, -0.15) is 0 Å². The molecule has 106 valence electrons. The number of nitrogens with two attached hydrogens (primary N) is 1. The molecule has 1 rings (SSSR count). The Hall–Kier alpha value is -2.24. The van der Waals surface area contributed by atoms with Gasteiger partial charge in [0, 0.05) is 0 Å². The fourth-order valence-corrected chi connectivity index (χ4v) is 0.992. The zero-order valence-corrected chi connectivity index (χ0v) is 11.3. The minimum absolute atomic E-state index is 0.324. The molecule has 1 amide bonds. The van der Waals surface area contributed by atoms with Crippen molar-refractivity contribution in [2.45, 2.75) is 20.8 Å². The molecular formula is C13H19NO5. The van der Waals surface area contributed by atoms with E-state index < -0.39 is 12.2 Å². The maximum atomic E-state index is 10.9. The van der Waals surface area contributed by atoms with Gasteiger partial charge in [-0.25, -0.2) is 9.59 Å². The smallest absolute Gasteiger partial charge is 0.450 e. The highest BCUT2D eigenvalue weighted by Gasteiger charge is 2.03. The van der Waals surface area contributed by atoms with E-state index in [1.807, 2.05) is 19.1 Å². The van der Waals surface area contributed by atoms with Crippen LogP contribution >= 0.6 is 0 Å². The first-order valence-electron chi connectivity index (χ1n) is 5.83. The Morgan fingerprint density at radius 3 is 1.95 bits per heavy atom. The van der Waals surface area contributed by atoms with Crippen molar-refractivity contribution in [1.29, 1.82) is 0 Å². The van der Waals surface area contributed by atoms with Gasteiger partial charge in [-0.05, 0) is 32.9 Å². The lowest BCUT2D eigenvalue weighted by Gasteiger charge is -2.03. The number of ether oxygens (including phenoxy) is 3. The number of carbonyl (C=O) groups is 2. The van der Waals surface area contributed by atoms with E-state index in [4.69, 9.17) is 4.74 Å². The number of carbonyl (C=O) groups excluding carboxylic acids is 2. The molecule has 0 saturated carbocycles. The molecule has 0 unspecified atom stereocenters. The molecule has 19 heavy (non-hydrogen) atoms. The van der Waals surface area contributed by atoms with Gasteiger partial charge in [0.15, 0.2) is 0 Å². The fourth-order valence-electron chi connectivity index (χ4n) is 0.992. The van der Waals surface area contributed by atoms with E-state index in [1.165, 1.54) is 0 Å². The Morgan fingerprint density at radius 1 is 1.05 bits per heavy atom. The van der Waals surface area contributed by atoms with E-state index in [-0.39, 0.29) is 0 Å². The second-order valence-electron chi connectivity index (χ2n) is 3.35. The summed E-state index contributed by atoms with van der Waals surface area (Å²) >= 11 is 0. The van der Waals surface area contributed by atoms with Crippen LogP contribution in [0.25, 0.3) is 0 Å². The molecule has 6 nitrogen and oxygen atoms in total. The van der Waals surface area contributed by atoms with Gasteiger partial charge in [0.2, 0.25) is 0 Å². The van der Waals surface area contributed by atoms with Gasteiger partial charge in [-0.3, -0.25) is 0 Å². The topological polar surface area (TPSA) is 87.8 Å².